The summed E-state index contributed by atoms with van der Waals surface area (Å²) in [5.74, 6) is -0.00718. The Balaban J connectivity index is 0.00000141. The monoisotopic (exact) mass is 428 g/mol. The van der Waals surface area contributed by atoms with Gasteiger partial charge in [-0.05, 0) is 28.3 Å². The molecule has 0 aliphatic rings. The summed E-state index contributed by atoms with van der Waals surface area (Å²) in [6.07, 6.45) is 0.0564. The minimum atomic E-state index is -2.72. The molecule has 0 fully saturated rings. The van der Waals surface area contributed by atoms with Crippen molar-refractivity contribution in [1.82, 2.24) is 0 Å². The highest BCUT2D eigenvalue weighted by atomic mass is 28.4. The SMILES string of the molecule is CC(O[Si](c1ccccc1)(c1ccccc1)C(C)(C)C)C(=O)C[C@@H](C)CO.O=C=O. The van der Waals surface area contributed by atoms with E-state index in [0.29, 0.717) is 6.42 Å². The quantitative estimate of drug-likeness (QED) is 0.654. The van der Waals surface area contributed by atoms with Crippen LogP contribution < -0.4 is 10.4 Å². The van der Waals surface area contributed by atoms with Gasteiger partial charge in [0.1, 0.15) is 6.10 Å². The fraction of sp³-hybridized carbons (Fsp3) is 0.417. The maximum atomic E-state index is 12.8. The molecule has 0 aliphatic carbocycles. The van der Waals surface area contributed by atoms with Crippen molar-refractivity contribution < 1.29 is 23.9 Å². The number of aliphatic hydroxyl groups is 1. The second-order valence-corrected chi connectivity index (χ2v) is 12.7. The number of hydrogen-bond acceptors (Lipinski definition) is 5. The topological polar surface area (TPSA) is 80.7 Å². The third-order valence-electron chi connectivity index (χ3n) is 5.09. The first-order valence-corrected chi connectivity index (χ1v) is 12.0. The molecule has 1 unspecified atom stereocenters. The van der Waals surface area contributed by atoms with Crippen LogP contribution >= 0.6 is 0 Å². The molecule has 6 heteroatoms. The molecule has 0 aliphatic heterocycles. The first-order valence-electron chi connectivity index (χ1n) is 10.1. The summed E-state index contributed by atoms with van der Waals surface area (Å²) in [6.45, 7) is 10.4. The molecule has 0 spiro atoms. The highest BCUT2D eigenvalue weighted by molar-refractivity contribution is 6.99. The van der Waals surface area contributed by atoms with E-state index in [0.717, 1.165) is 0 Å². The molecule has 5 nitrogen and oxygen atoms in total. The molecule has 0 radical (unpaired) electrons. The fourth-order valence-electron chi connectivity index (χ4n) is 3.60. The average molecular weight is 429 g/mol. The third-order valence-corrected chi connectivity index (χ3v) is 10.2. The molecule has 0 bridgehead atoms. The summed E-state index contributed by atoms with van der Waals surface area (Å²) in [5.41, 5.74) is 0. The van der Waals surface area contributed by atoms with Crippen molar-refractivity contribution in [2.24, 2.45) is 5.92 Å². The zero-order valence-corrected chi connectivity index (χ0v) is 19.4. The maximum Gasteiger partial charge on any atom is 0.373 e. The second-order valence-electron chi connectivity index (χ2n) is 8.46. The van der Waals surface area contributed by atoms with Crippen LogP contribution in [0.3, 0.4) is 0 Å². The zero-order chi connectivity index (χ0) is 22.8. The molecule has 0 saturated heterocycles. The minimum absolute atomic E-state index is 0.0116. The molecule has 0 heterocycles. The van der Waals surface area contributed by atoms with Gasteiger partial charge in [-0.15, -0.1) is 0 Å². The Bertz CT molecular complexity index is 769. The van der Waals surface area contributed by atoms with Gasteiger partial charge in [-0.2, -0.15) is 9.59 Å². The largest absolute Gasteiger partial charge is 0.398 e. The summed E-state index contributed by atoms with van der Waals surface area (Å²) < 4.78 is 6.79. The zero-order valence-electron chi connectivity index (χ0n) is 18.4. The van der Waals surface area contributed by atoms with E-state index in [9.17, 15) is 9.90 Å². The van der Waals surface area contributed by atoms with Crippen molar-refractivity contribution in [3.8, 4) is 0 Å². The number of benzene rings is 2. The Morgan fingerprint density at radius 1 is 0.967 bits per heavy atom. The molecular weight excluding hydrogens is 396 g/mol. The lowest BCUT2D eigenvalue weighted by molar-refractivity contribution is -0.191. The molecule has 2 aromatic rings. The van der Waals surface area contributed by atoms with E-state index in [1.165, 1.54) is 10.4 Å². The molecule has 2 atom stereocenters. The van der Waals surface area contributed by atoms with Crippen LogP contribution in [0.5, 0.6) is 0 Å². The molecule has 0 saturated carbocycles. The van der Waals surface area contributed by atoms with Gasteiger partial charge in [0.25, 0.3) is 8.32 Å². The molecule has 30 heavy (non-hydrogen) atoms. The van der Waals surface area contributed by atoms with Crippen molar-refractivity contribution >= 4 is 30.6 Å². The van der Waals surface area contributed by atoms with E-state index in [2.05, 4.69) is 45.0 Å². The third kappa shape index (κ3) is 6.31. The first-order chi connectivity index (χ1) is 14.1. The van der Waals surface area contributed by atoms with Gasteiger partial charge in [-0.1, -0.05) is 88.4 Å². The smallest absolute Gasteiger partial charge is 0.373 e. The number of carbonyl (C=O) groups excluding carboxylic acids is 3. The van der Waals surface area contributed by atoms with E-state index in [4.69, 9.17) is 14.0 Å². The van der Waals surface area contributed by atoms with Gasteiger partial charge in [0, 0.05) is 13.0 Å². The molecule has 1 N–H and O–H groups in total. The number of carbonyl (C=O) groups is 1. The molecule has 0 amide bonds. The Hall–Kier alpha value is -2.37. The Kier molecular flexibility index (Phi) is 10.0. The van der Waals surface area contributed by atoms with Crippen LogP contribution in [0, 0.1) is 5.92 Å². The number of Topliss-reactive ketones (excluding diaryl/α,β-unsaturated/α-hetero) is 1. The van der Waals surface area contributed by atoms with E-state index in [1.807, 2.05) is 50.2 Å². The number of rotatable bonds is 8. The van der Waals surface area contributed by atoms with Crippen LogP contribution in [0.25, 0.3) is 0 Å². The molecule has 2 rings (SSSR count). The summed E-state index contributed by atoms with van der Waals surface area (Å²) in [7, 11) is -2.72. The van der Waals surface area contributed by atoms with E-state index in [-0.39, 0.29) is 29.5 Å². The number of aliphatic hydroxyl groups excluding tert-OH is 1. The van der Waals surface area contributed by atoms with Gasteiger partial charge in [0.15, 0.2) is 5.78 Å². The van der Waals surface area contributed by atoms with Gasteiger partial charge in [-0.3, -0.25) is 4.79 Å². The fourth-order valence-corrected chi connectivity index (χ4v) is 8.27. The van der Waals surface area contributed by atoms with Crippen LogP contribution in [0.15, 0.2) is 60.7 Å². The highest BCUT2D eigenvalue weighted by Crippen LogP contribution is 2.37. The second kappa shape index (κ2) is 11.7. The molecule has 0 aromatic heterocycles. The van der Waals surface area contributed by atoms with Crippen LogP contribution in [0.4, 0.5) is 0 Å². The van der Waals surface area contributed by atoms with E-state index in [1.54, 1.807) is 0 Å². The lowest BCUT2D eigenvalue weighted by Gasteiger charge is -2.44. The van der Waals surface area contributed by atoms with Crippen molar-refractivity contribution in [1.29, 1.82) is 0 Å². The lowest BCUT2D eigenvalue weighted by atomic mass is 10.0. The number of ketones is 1. The first kappa shape index (κ1) is 25.7. The van der Waals surface area contributed by atoms with Gasteiger partial charge in [0.05, 0.1) is 0 Å². The van der Waals surface area contributed by atoms with Crippen molar-refractivity contribution in [2.45, 2.75) is 52.2 Å². The summed E-state index contributed by atoms with van der Waals surface area (Å²) in [4.78, 5) is 29.0. The molecule has 2 aromatic carbocycles. The Morgan fingerprint density at radius 2 is 1.37 bits per heavy atom. The van der Waals surface area contributed by atoms with E-state index < -0.39 is 14.4 Å². The van der Waals surface area contributed by atoms with Crippen molar-refractivity contribution in [2.75, 3.05) is 6.61 Å². The molecular formula is C24H32O5Si. The van der Waals surface area contributed by atoms with Crippen LogP contribution in [-0.2, 0) is 18.8 Å². The van der Waals surface area contributed by atoms with E-state index >= 15 is 0 Å². The van der Waals surface area contributed by atoms with Crippen LogP contribution in [0.2, 0.25) is 5.04 Å². The summed E-state index contributed by atoms with van der Waals surface area (Å²) in [5, 5.41) is 11.5. The van der Waals surface area contributed by atoms with Crippen molar-refractivity contribution in [3.63, 3.8) is 0 Å². The van der Waals surface area contributed by atoms with Crippen LogP contribution in [-0.4, -0.2) is 38.1 Å². The standard InChI is InChI=1S/C23H32O3Si.CO2/c1-18(17-24)16-22(25)19(2)26-27(23(3,4)5,20-12-8-6-9-13-20)21-14-10-7-11-15-21;2-1-3/h6-15,18-19,24H,16-17H2,1-5H3;/t18-,19?;/m1./s1. The Labute approximate surface area is 180 Å². The average Bonchev–Trinajstić information content (AvgIpc) is 2.72. The van der Waals surface area contributed by atoms with Gasteiger partial charge in [0.2, 0.25) is 0 Å². The maximum absolute atomic E-state index is 12.8. The van der Waals surface area contributed by atoms with Crippen LogP contribution in [0.1, 0.15) is 41.0 Å². The number of hydrogen-bond donors (Lipinski definition) is 1. The summed E-state index contributed by atoms with van der Waals surface area (Å²) in [6, 6.07) is 20.7. The predicted octanol–water partition coefficient (Wildman–Crippen LogP) is 2.96. The minimum Gasteiger partial charge on any atom is -0.398 e. The van der Waals surface area contributed by atoms with Gasteiger partial charge >= 0.3 is 6.15 Å². The predicted molar refractivity (Wildman–Crippen MR) is 119 cm³/mol. The van der Waals surface area contributed by atoms with Gasteiger partial charge in [-0.25, -0.2) is 0 Å². The normalized spacial score (nSPS) is 13.4. The lowest BCUT2D eigenvalue weighted by Crippen LogP contribution is -2.68. The van der Waals surface area contributed by atoms with Gasteiger partial charge < -0.3 is 9.53 Å². The Morgan fingerprint density at radius 3 is 1.70 bits per heavy atom. The highest BCUT2D eigenvalue weighted by Gasteiger charge is 2.51. The molecule has 162 valence electrons. The summed E-state index contributed by atoms with van der Waals surface area (Å²) >= 11 is 0. The van der Waals surface area contributed by atoms with Crippen molar-refractivity contribution in [3.05, 3.63) is 60.7 Å².